The minimum Gasteiger partial charge on any atom is -0.465 e. The van der Waals surface area contributed by atoms with Crippen molar-refractivity contribution in [2.24, 2.45) is 10.8 Å². The Morgan fingerprint density at radius 3 is 1.12 bits per heavy atom. The molecule has 0 saturated carbocycles. The molecule has 1 fully saturated rings. The number of methoxy groups -OCH3 is 7. The lowest BCUT2D eigenvalue weighted by Crippen LogP contribution is -2.32. The fourth-order valence-electron chi connectivity index (χ4n) is 11.5. The van der Waals surface area contributed by atoms with Crippen LogP contribution < -0.4 is 45.6 Å². The average molecular weight is 1790 g/mol. The number of pyridine rings is 4. The van der Waals surface area contributed by atoms with Crippen LogP contribution in [0.2, 0.25) is 12.6 Å². The number of nitrogen functional groups attached to an aromatic ring is 7. The van der Waals surface area contributed by atoms with Crippen LogP contribution in [0.5, 0.6) is 0 Å². The number of anilines is 7. The van der Waals surface area contributed by atoms with E-state index in [4.69, 9.17) is 40.1 Å². The third kappa shape index (κ3) is 23.9. The fourth-order valence-corrected chi connectivity index (χ4v) is 12.2. The third-order valence-corrected chi connectivity index (χ3v) is 19.4. The molecule has 9 aromatic rings. The summed E-state index contributed by atoms with van der Waals surface area (Å²) in [6.07, 6.45) is 7.12. The van der Waals surface area contributed by atoms with E-state index in [-0.39, 0.29) is 112 Å². The average Bonchev–Trinajstić information content (AvgIpc) is 1.69. The number of nitro benzene ring substituents is 2. The van der Waals surface area contributed by atoms with E-state index in [0.717, 1.165) is 68.9 Å². The number of aliphatic hydroxyl groups is 2. The molecule has 0 spiro atoms. The second kappa shape index (κ2) is 40.2. The van der Waals surface area contributed by atoms with Crippen LogP contribution in [0.4, 0.5) is 73.1 Å². The molecule has 33 nitrogen and oxygen atoms in total. The summed E-state index contributed by atoms with van der Waals surface area (Å²) in [5, 5.41) is 41.7. The van der Waals surface area contributed by atoms with Crippen LogP contribution in [-0.4, -0.2) is 138 Å². The van der Waals surface area contributed by atoms with Crippen LogP contribution in [0.1, 0.15) is 140 Å². The fraction of sp³-hybridized carbons (Fsp3) is 0.269. The van der Waals surface area contributed by atoms with Crippen LogP contribution in [0.3, 0.4) is 0 Å². The lowest BCUT2D eigenvalue weighted by molar-refractivity contribution is -0.385. The van der Waals surface area contributed by atoms with Gasteiger partial charge in [-0.15, -0.1) is 0 Å². The highest BCUT2D eigenvalue weighted by Gasteiger charge is 2.49. The molecular formula is C78H83BBr2F5N13O20. The van der Waals surface area contributed by atoms with E-state index in [1.807, 2.05) is 0 Å². The molecular weight excluding hydrogens is 1700 g/mol. The van der Waals surface area contributed by atoms with Crippen molar-refractivity contribution < 1.29 is 109 Å². The maximum absolute atomic E-state index is 14.4. The Morgan fingerprint density at radius 1 is 0.412 bits per heavy atom. The summed E-state index contributed by atoms with van der Waals surface area (Å²) in [4.78, 5) is 115. The first-order chi connectivity index (χ1) is 55.3. The SMILES string of the molecule is CC(C)(O)c1cc(F)c(-c2cnc(C(C)(C)O)c(N)c2)cc1N.COC(=O)c1cc(F)c(-c2cnc(C(=O)OC)c(N)c2)cc1N.COC(=O)c1cc(F)c(-c2cnc(C(=O)OC)c(N)c2)cc1[N+](=O)[O-].COC(=O)c1cc(F)c(B2CC(C)(C)C(C)(C)C2)cc1N.COC(=O)c1cc(F)c(Br)cc1[N+](=O)[O-].COC(=O)c1ncc(Br)cc1N. The zero-order valence-corrected chi connectivity index (χ0v) is 69.7. The predicted molar refractivity (Wildman–Crippen MR) is 438 cm³/mol. The number of ether oxygens (including phenoxy) is 7. The molecule has 0 unspecified atom stereocenters. The maximum Gasteiger partial charge on any atom is 0.358 e. The molecule has 0 bridgehead atoms. The normalized spacial score (nSPS) is 12.2. The van der Waals surface area contributed by atoms with Gasteiger partial charge in [-0.1, -0.05) is 40.3 Å². The number of nitrogens with zero attached hydrogens (tertiary/aromatic N) is 6. The molecule has 0 amide bonds. The lowest BCUT2D eigenvalue weighted by Gasteiger charge is -2.35. The number of esters is 7. The van der Waals surface area contributed by atoms with Gasteiger partial charge in [-0.25, -0.2) is 70.5 Å². The van der Waals surface area contributed by atoms with Gasteiger partial charge in [0, 0.05) is 97.4 Å². The molecule has 1 aliphatic rings. The number of aromatic nitrogens is 4. The number of hydrogen-bond donors (Lipinski definition) is 9. The first-order valence-electron chi connectivity index (χ1n) is 34.4. The minimum absolute atomic E-state index is 0.0318. The Labute approximate surface area is 694 Å². The number of halogens is 7. The molecule has 119 heavy (non-hydrogen) atoms. The van der Waals surface area contributed by atoms with Gasteiger partial charge in [-0.05, 0) is 149 Å². The van der Waals surface area contributed by atoms with E-state index in [2.05, 4.69) is 113 Å². The summed E-state index contributed by atoms with van der Waals surface area (Å²) in [5.74, 6) is -8.64. The molecule has 16 N–H and O–H groups in total. The minimum atomic E-state index is -1.24. The zero-order valence-electron chi connectivity index (χ0n) is 66.5. The van der Waals surface area contributed by atoms with Crippen LogP contribution in [0, 0.1) is 60.1 Å². The Morgan fingerprint density at radius 2 is 0.739 bits per heavy atom. The highest BCUT2D eigenvalue weighted by atomic mass is 79.9. The van der Waals surface area contributed by atoms with E-state index in [0.29, 0.717) is 39.6 Å². The summed E-state index contributed by atoms with van der Waals surface area (Å²) < 4.78 is 102. The van der Waals surface area contributed by atoms with Crippen molar-refractivity contribution >= 4 is 137 Å². The van der Waals surface area contributed by atoms with E-state index in [1.165, 1.54) is 97.3 Å². The van der Waals surface area contributed by atoms with Crippen molar-refractivity contribution in [3.63, 3.8) is 0 Å². The molecule has 0 atom stereocenters. The van der Waals surface area contributed by atoms with Gasteiger partial charge in [0.15, 0.2) is 23.8 Å². The highest BCUT2D eigenvalue weighted by molar-refractivity contribution is 9.10. The van der Waals surface area contributed by atoms with Crippen molar-refractivity contribution in [2.45, 2.75) is 79.2 Å². The van der Waals surface area contributed by atoms with Gasteiger partial charge in [0.05, 0.1) is 109 Å². The first-order valence-corrected chi connectivity index (χ1v) is 36.0. The third-order valence-electron chi connectivity index (χ3n) is 18.3. The van der Waals surface area contributed by atoms with Gasteiger partial charge in [-0.2, -0.15) is 0 Å². The van der Waals surface area contributed by atoms with Crippen LogP contribution in [-0.2, 0) is 44.4 Å². The number of benzene rings is 5. The molecule has 1 saturated heterocycles. The smallest absolute Gasteiger partial charge is 0.358 e. The van der Waals surface area contributed by atoms with Gasteiger partial charge in [0.25, 0.3) is 11.4 Å². The number of carbonyl (C=O) groups excluding carboxylic acids is 7. The van der Waals surface area contributed by atoms with Crippen LogP contribution in [0.25, 0.3) is 33.4 Å². The summed E-state index contributed by atoms with van der Waals surface area (Å²) in [6, 6.07) is 16.7. The van der Waals surface area contributed by atoms with Crippen molar-refractivity contribution in [2.75, 3.05) is 89.9 Å². The summed E-state index contributed by atoms with van der Waals surface area (Å²) in [5.41, 5.74) is 39.4. The van der Waals surface area contributed by atoms with E-state index >= 15 is 0 Å². The largest absolute Gasteiger partial charge is 0.465 e. The highest BCUT2D eigenvalue weighted by Crippen LogP contribution is 2.53. The van der Waals surface area contributed by atoms with Crippen molar-refractivity contribution in [3.8, 4) is 33.4 Å². The van der Waals surface area contributed by atoms with Gasteiger partial charge >= 0.3 is 41.8 Å². The Bertz CT molecular complexity index is 5410. The molecule has 10 rings (SSSR count). The van der Waals surface area contributed by atoms with Crippen LogP contribution in [0.15, 0.2) is 119 Å². The predicted octanol–water partition coefficient (Wildman–Crippen LogP) is 12.5. The van der Waals surface area contributed by atoms with E-state index < -0.39 is 109 Å². The standard InChI is InChI=1S/C17H22FN3O2.C16H23BFNO2.C15H12FN3O6.C15H14FN3O4.C8H5BrFNO4.C7H7BrN2O2/c1-16(2,22)11-7-12(18)10(6-13(11)19)9-5-14(20)15(21-8-9)17(3,4)23;1-15(2)8-17(9-16(15,3)4)11-7-13(19)10(6-12(11)18)14(20)21-5;1-24-14(20)9-4-10(16)8(5-12(9)19(22)23)7-3-11(17)13(18-6-7)15(21)25-2;1-22-14(20)9-4-10(16)8(5-11(9)17)7-3-12(18)13(19-6-7)15(21)23-2;1-15-8(12)4-2-6(10)5(9)3-7(4)11(13)14;1-12-7(11)6-5(9)2-4(8)3-10-6/h5-8,22-23H,19-20H2,1-4H3;6-7H,8-9,19H2,1-5H3;3-6H,17H2,1-2H3;3-6H,17-18H2,1-2H3;2-3H,1H3;2-3H,9H2,1H3. The second-order valence-electron chi connectivity index (χ2n) is 28.0. The molecule has 632 valence electrons. The second-order valence-corrected chi connectivity index (χ2v) is 29.7. The Balaban J connectivity index is 0.000000258. The van der Waals surface area contributed by atoms with Crippen molar-refractivity contribution in [1.82, 2.24) is 19.9 Å². The summed E-state index contributed by atoms with van der Waals surface area (Å²) in [6.45, 7) is 15.2. The zero-order chi connectivity index (χ0) is 90.2. The van der Waals surface area contributed by atoms with E-state index in [1.54, 1.807) is 32.0 Å². The lowest BCUT2D eigenvalue weighted by atomic mass is 9.42. The number of rotatable bonds is 15. The van der Waals surface area contributed by atoms with Crippen molar-refractivity contribution in [3.05, 3.63) is 219 Å². The van der Waals surface area contributed by atoms with Gasteiger partial charge in [0.1, 0.15) is 45.8 Å². The monoisotopic (exact) mass is 1790 g/mol. The van der Waals surface area contributed by atoms with Gasteiger partial charge in [0.2, 0.25) is 0 Å². The van der Waals surface area contributed by atoms with Crippen molar-refractivity contribution in [1.29, 1.82) is 0 Å². The molecule has 5 heterocycles. The quantitative estimate of drug-likeness (QED) is 0.00875. The molecule has 4 aromatic heterocycles. The number of carbonyl (C=O) groups is 7. The molecule has 1 aliphatic heterocycles. The van der Waals surface area contributed by atoms with E-state index in [9.17, 15) is 86.0 Å². The van der Waals surface area contributed by atoms with Crippen LogP contribution >= 0.6 is 31.9 Å². The Hall–Kier alpha value is -13.0. The Kier molecular flexibility index (Phi) is 32.6. The molecule has 5 aromatic carbocycles. The molecule has 0 radical (unpaired) electrons. The molecule has 0 aliphatic carbocycles. The number of nitro groups is 2. The maximum atomic E-state index is 14.4. The summed E-state index contributed by atoms with van der Waals surface area (Å²) in [7, 11) is 8.14. The van der Waals surface area contributed by atoms with Gasteiger partial charge in [-0.3, -0.25) is 25.2 Å². The van der Waals surface area contributed by atoms with Gasteiger partial charge < -0.3 is 83.5 Å². The number of nitrogens with two attached hydrogens (primary N) is 7. The first kappa shape index (κ1) is 96.6. The summed E-state index contributed by atoms with van der Waals surface area (Å²) >= 11 is 5.96. The topological polar surface area (TPSA) is 545 Å². The number of hydrogen-bond acceptors (Lipinski definition) is 31. The molecule has 41 heteroatoms.